The molecule has 4 aromatic carbocycles. The highest BCUT2D eigenvalue weighted by atomic mass is 16.7. The zero-order valence-corrected chi connectivity index (χ0v) is 38.4. The summed E-state index contributed by atoms with van der Waals surface area (Å²) in [4.78, 5) is 11.9. The highest BCUT2D eigenvalue weighted by molar-refractivity contribution is 5.67. The maximum Gasteiger partial charge on any atom is 0.305 e. The van der Waals surface area contributed by atoms with E-state index in [1.807, 2.05) is 91.0 Å². The second-order valence-electron chi connectivity index (χ2n) is 17.1. The van der Waals surface area contributed by atoms with E-state index in [9.17, 15) is 9.90 Å². The maximum atomic E-state index is 11.9. The van der Waals surface area contributed by atoms with Crippen molar-refractivity contribution in [2.45, 2.75) is 136 Å². The minimum atomic E-state index is -0.899. The lowest BCUT2D eigenvalue weighted by atomic mass is 9.87. The number of aliphatic carboxylic acids is 1. The van der Waals surface area contributed by atoms with E-state index < -0.39 is 12.1 Å². The Kier molecular flexibility index (Phi) is 25.2. The molecule has 4 aromatic rings. The van der Waals surface area contributed by atoms with Gasteiger partial charge in [-0.2, -0.15) is 0 Å². The van der Waals surface area contributed by atoms with Gasteiger partial charge in [0.15, 0.2) is 0 Å². The lowest BCUT2D eigenvalue weighted by Gasteiger charge is -2.29. The van der Waals surface area contributed by atoms with E-state index in [-0.39, 0.29) is 56.9 Å². The Hall–Kier alpha value is -4.13. The van der Waals surface area contributed by atoms with Gasteiger partial charge < -0.3 is 43.0 Å². The Morgan fingerprint density at radius 2 is 0.841 bits per heavy atom. The Morgan fingerprint density at radius 3 is 1.22 bits per heavy atom. The van der Waals surface area contributed by atoms with Crippen molar-refractivity contribution >= 4 is 5.97 Å². The standard InChI is InChI=1S/C53H74O10/c1-6-16-49(60-37-47-23-25-48(56-5)26-24-47)27-41(2)28-50(61-38-57-34-44-17-10-7-11-18-44)29-42(3)30-51(62-39-58-35-45-19-12-8-13-20-45)31-43(4)32-52(33-53(54)55)63-40-59-36-46-21-14-9-15-22-46/h7-15,17-26,41-43,49-52H,6,16,27-40H2,1-5H3,(H,54,55)/t41-,42-,43-,49+,50+,51+,52-/m0/s1. The molecular weight excluding hydrogens is 797 g/mol. The normalized spacial score (nSPS) is 14.9. The molecule has 0 aromatic heterocycles. The highest BCUT2D eigenvalue weighted by Gasteiger charge is 2.26. The smallest absolute Gasteiger partial charge is 0.305 e. The molecule has 0 aliphatic carbocycles. The first kappa shape index (κ1) is 51.5. The molecule has 0 radical (unpaired) electrons. The zero-order valence-electron chi connectivity index (χ0n) is 38.4. The summed E-state index contributed by atoms with van der Waals surface area (Å²) in [6.07, 6.45) is 6.11. The van der Waals surface area contributed by atoms with Crippen LogP contribution in [0.25, 0.3) is 0 Å². The molecule has 0 aliphatic heterocycles. The molecule has 0 fully saturated rings. The average Bonchev–Trinajstić information content (AvgIpc) is 3.28. The maximum absolute atomic E-state index is 11.9. The quantitative estimate of drug-likeness (QED) is 0.0354. The van der Waals surface area contributed by atoms with Crippen LogP contribution in [0.4, 0.5) is 0 Å². The summed E-state index contributed by atoms with van der Waals surface area (Å²) < 4.78 is 48.7. The third kappa shape index (κ3) is 22.9. The average molecular weight is 871 g/mol. The van der Waals surface area contributed by atoms with E-state index in [2.05, 4.69) is 52.0 Å². The summed E-state index contributed by atoms with van der Waals surface area (Å²) in [5.41, 5.74) is 4.35. The van der Waals surface area contributed by atoms with E-state index in [1.165, 1.54) is 0 Å². The van der Waals surface area contributed by atoms with Crippen molar-refractivity contribution in [3.63, 3.8) is 0 Å². The molecule has 0 bridgehead atoms. The molecule has 0 saturated heterocycles. The van der Waals surface area contributed by atoms with Crippen LogP contribution < -0.4 is 4.74 Å². The molecule has 0 heterocycles. The van der Waals surface area contributed by atoms with Crippen LogP contribution in [0.1, 0.15) is 108 Å². The van der Waals surface area contributed by atoms with Crippen LogP contribution in [-0.4, -0.2) is 63.0 Å². The van der Waals surface area contributed by atoms with Crippen LogP contribution in [0, 0.1) is 17.8 Å². The number of methoxy groups -OCH3 is 1. The summed E-state index contributed by atoms with van der Waals surface area (Å²) in [5.74, 6) is 0.651. The lowest BCUT2D eigenvalue weighted by molar-refractivity contribution is -0.146. The van der Waals surface area contributed by atoms with Gasteiger partial charge in [0.2, 0.25) is 0 Å². The number of carboxylic acid groups (broad SMARTS) is 1. The van der Waals surface area contributed by atoms with Gasteiger partial charge in [0.05, 0.1) is 64.4 Å². The van der Waals surface area contributed by atoms with Crippen molar-refractivity contribution in [3.8, 4) is 5.75 Å². The third-order valence-corrected chi connectivity index (χ3v) is 11.1. The predicted octanol–water partition coefficient (Wildman–Crippen LogP) is 11.8. The van der Waals surface area contributed by atoms with Crippen molar-refractivity contribution in [1.82, 2.24) is 0 Å². The largest absolute Gasteiger partial charge is 0.497 e. The first-order valence-corrected chi connectivity index (χ1v) is 22.8. The van der Waals surface area contributed by atoms with Crippen molar-refractivity contribution in [2.75, 3.05) is 27.5 Å². The van der Waals surface area contributed by atoms with Gasteiger partial charge in [0.25, 0.3) is 0 Å². The van der Waals surface area contributed by atoms with Crippen LogP contribution in [0.5, 0.6) is 5.75 Å². The van der Waals surface area contributed by atoms with Crippen LogP contribution in [0.2, 0.25) is 0 Å². The Labute approximate surface area is 377 Å². The van der Waals surface area contributed by atoms with Gasteiger partial charge in [-0.15, -0.1) is 0 Å². The van der Waals surface area contributed by atoms with Crippen molar-refractivity contribution in [2.24, 2.45) is 17.8 Å². The fraction of sp³-hybridized carbons (Fsp3) is 0.528. The number of carboxylic acids is 1. The first-order valence-electron chi connectivity index (χ1n) is 22.8. The summed E-state index contributed by atoms with van der Waals surface area (Å²) in [6.45, 7) is 11.2. The molecule has 0 saturated carbocycles. The molecule has 4 rings (SSSR count). The molecule has 0 amide bonds. The monoisotopic (exact) mass is 871 g/mol. The highest BCUT2D eigenvalue weighted by Crippen LogP contribution is 2.28. The van der Waals surface area contributed by atoms with Crippen LogP contribution >= 0.6 is 0 Å². The van der Waals surface area contributed by atoms with E-state index in [4.69, 9.17) is 37.9 Å². The van der Waals surface area contributed by atoms with E-state index >= 15 is 0 Å². The SMILES string of the molecule is CCC[C@H](C[C@H](C)C[C@H](C[C@H](C)C[C@H](C[C@H](C)C[C@@H](CC(=O)O)OCOCc1ccccc1)OCOCc1ccccc1)OCOCc1ccccc1)OCc1ccc(OC)cc1. The molecule has 7 atom stereocenters. The van der Waals surface area contributed by atoms with Crippen molar-refractivity contribution in [3.05, 3.63) is 138 Å². The van der Waals surface area contributed by atoms with Crippen LogP contribution in [0.3, 0.4) is 0 Å². The number of benzene rings is 4. The summed E-state index contributed by atoms with van der Waals surface area (Å²) in [6, 6.07) is 38.1. The van der Waals surface area contributed by atoms with Gasteiger partial charge in [-0.1, -0.05) is 137 Å². The third-order valence-electron chi connectivity index (χ3n) is 11.1. The minimum Gasteiger partial charge on any atom is -0.497 e. The zero-order chi connectivity index (χ0) is 44.9. The van der Waals surface area contributed by atoms with Crippen LogP contribution in [0.15, 0.2) is 115 Å². The second-order valence-corrected chi connectivity index (χ2v) is 17.1. The Bertz CT molecular complexity index is 1730. The number of carbonyl (C=O) groups is 1. The second kappa shape index (κ2) is 30.9. The van der Waals surface area contributed by atoms with E-state index in [0.717, 1.165) is 72.9 Å². The number of ether oxygens (including phenoxy) is 8. The van der Waals surface area contributed by atoms with Gasteiger partial charge in [-0.3, -0.25) is 4.79 Å². The van der Waals surface area contributed by atoms with Gasteiger partial charge in [0, 0.05) is 0 Å². The van der Waals surface area contributed by atoms with Gasteiger partial charge in [0.1, 0.15) is 26.1 Å². The van der Waals surface area contributed by atoms with Gasteiger partial charge in [-0.05, 0) is 97.1 Å². The Morgan fingerprint density at radius 1 is 0.476 bits per heavy atom. The molecule has 1 N–H and O–H groups in total. The molecule has 346 valence electrons. The summed E-state index contributed by atoms with van der Waals surface area (Å²) >= 11 is 0. The van der Waals surface area contributed by atoms with Crippen LogP contribution in [-0.2, 0) is 64.4 Å². The molecule has 0 unspecified atom stereocenters. The summed E-state index contributed by atoms with van der Waals surface area (Å²) in [5, 5.41) is 9.72. The first-order chi connectivity index (χ1) is 30.7. The lowest BCUT2D eigenvalue weighted by Crippen LogP contribution is -2.28. The molecule has 0 spiro atoms. The van der Waals surface area contributed by atoms with E-state index in [1.54, 1.807) is 7.11 Å². The minimum absolute atomic E-state index is 0.0205. The van der Waals surface area contributed by atoms with Crippen molar-refractivity contribution in [1.29, 1.82) is 0 Å². The topological polar surface area (TPSA) is 111 Å². The molecular formula is C53H74O10. The molecule has 10 heteroatoms. The fourth-order valence-corrected chi connectivity index (χ4v) is 8.01. The molecule has 63 heavy (non-hydrogen) atoms. The van der Waals surface area contributed by atoms with Crippen molar-refractivity contribution < 1.29 is 47.8 Å². The van der Waals surface area contributed by atoms with Gasteiger partial charge >= 0.3 is 5.97 Å². The predicted molar refractivity (Wildman–Crippen MR) is 247 cm³/mol. The fourth-order valence-electron chi connectivity index (χ4n) is 8.01. The van der Waals surface area contributed by atoms with E-state index in [0.29, 0.717) is 38.8 Å². The summed E-state index contributed by atoms with van der Waals surface area (Å²) in [7, 11) is 1.68. The Balaban J connectivity index is 1.38. The number of hydrogen-bond donors (Lipinski definition) is 1. The number of rotatable bonds is 35. The van der Waals surface area contributed by atoms with Gasteiger partial charge in [-0.25, -0.2) is 0 Å². The molecule has 0 aliphatic rings. The molecule has 10 nitrogen and oxygen atoms in total. The number of hydrogen-bond acceptors (Lipinski definition) is 9.